The molecule has 0 spiro atoms. The molecule has 34 heavy (non-hydrogen) atoms. The standard InChI is InChI=1S/C24H22N2O7S/c1-31-17-8-6-7-16(13-17)26-24(28)25(20-9-4-5-10-23(20)34(26,29)30)15-21(27)19-14-18(32-2)11-12-22(19)33-3/h4-14H,15H2,1-3H3. The van der Waals surface area contributed by atoms with Crippen molar-refractivity contribution in [3.8, 4) is 17.2 Å². The molecule has 0 saturated carbocycles. The molecular weight excluding hydrogens is 460 g/mol. The van der Waals surface area contributed by atoms with Gasteiger partial charge in [-0.1, -0.05) is 18.2 Å². The van der Waals surface area contributed by atoms with Crippen LogP contribution in [0.3, 0.4) is 0 Å². The number of carbonyl (C=O) groups is 2. The van der Waals surface area contributed by atoms with E-state index in [4.69, 9.17) is 14.2 Å². The highest BCUT2D eigenvalue weighted by molar-refractivity contribution is 7.94. The van der Waals surface area contributed by atoms with Gasteiger partial charge in [-0.2, -0.15) is 4.31 Å². The van der Waals surface area contributed by atoms with Gasteiger partial charge in [-0.15, -0.1) is 0 Å². The lowest BCUT2D eigenvalue weighted by molar-refractivity contribution is 0.0996. The molecule has 0 fully saturated rings. The van der Waals surface area contributed by atoms with Gasteiger partial charge in [0, 0.05) is 6.07 Å². The Morgan fingerprint density at radius 3 is 2.26 bits per heavy atom. The predicted molar refractivity (Wildman–Crippen MR) is 126 cm³/mol. The van der Waals surface area contributed by atoms with E-state index in [0.29, 0.717) is 21.6 Å². The number of hydrogen-bond donors (Lipinski definition) is 0. The monoisotopic (exact) mass is 482 g/mol. The number of fused-ring (bicyclic) bond motifs is 1. The third-order valence-corrected chi connectivity index (χ3v) is 7.12. The molecule has 0 bridgehead atoms. The lowest BCUT2D eigenvalue weighted by atomic mass is 10.1. The molecular formula is C24H22N2O7S. The third kappa shape index (κ3) is 3.92. The maximum atomic E-state index is 13.6. The van der Waals surface area contributed by atoms with Crippen LogP contribution in [0.4, 0.5) is 16.2 Å². The van der Waals surface area contributed by atoms with Gasteiger partial charge in [-0.3, -0.25) is 9.69 Å². The maximum absolute atomic E-state index is 13.6. The second-order valence-electron chi connectivity index (χ2n) is 7.30. The molecule has 176 valence electrons. The number of benzene rings is 3. The summed E-state index contributed by atoms with van der Waals surface area (Å²) in [5.41, 5.74) is 0.408. The highest BCUT2D eigenvalue weighted by Crippen LogP contribution is 2.38. The van der Waals surface area contributed by atoms with Gasteiger partial charge in [0.1, 0.15) is 22.1 Å². The minimum atomic E-state index is -4.24. The number of nitrogens with zero attached hydrogens (tertiary/aromatic N) is 2. The van der Waals surface area contributed by atoms with E-state index in [9.17, 15) is 18.0 Å². The van der Waals surface area contributed by atoms with Crippen molar-refractivity contribution >= 4 is 33.2 Å². The minimum absolute atomic E-state index is 0.0928. The van der Waals surface area contributed by atoms with Crippen LogP contribution in [0.2, 0.25) is 0 Å². The maximum Gasteiger partial charge on any atom is 0.343 e. The van der Waals surface area contributed by atoms with Crippen molar-refractivity contribution in [2.75, 3.05) is 37.1 Å². The molecule has 3 aromatic rings. The summed E-state index contributed by atoms with van der Waals surface area (Å²) in [4.78, 5) is 27.9. The van der Waals surface area contributed by atoms with Crippen LogP contribution in [0.1, 0.15) is 10.4 Å². The number of para-hydroxylation sites is 1. The van der Waals surface area contributed by atoms with Gasteiger partial charge in [0.05, 0.1) is 44.8 Å². The zero-order chi connectivity index (χ0) is 24.5. The summed E-state index contributed by atoms with van der Waals surface area (Å²) < 4.78 is 43.2. The number of carbonyl (C=O) groups excluding carboxylic acids is 2. The Kier molecular flexibility index (Phi) is 6.16. The molecule has 2 amide bonds. The van der Waals surface area contributed by atoms with Gasteiger partial charge < -0.3 is 14.2 Å². The number of hydrogen-bond acceptors (Lipinski definition) is 7. The molecule has 1 aliphatic heterocycles. The van der Waals surface area contributed by atoms with Crippen LogP contribution in [-0.2, 0) is 10.0 Å². The molecule has 1 heterocycles. The number of anilines is 2. The van der Waals surface area contributed by atoms with E-state index in [0.717, 1.165) is 4.90 Å². The smallest absolute Gasteiger partial charge is 0.343 e. The largest absolute Gasteiger partial charge is 0.497 e. The topological polar surface area (TPSA) is 102 Å². The average Bonchev–Trinajstić information content (AvgIpc) is 2.86. The van der Waals surface area contributed by atoms with Crippen LogP contribution < -0.4 is 23.4 Å². The molecule has 0 N–H and O–H groups in total. The summed E-state index contributed by atoms with van der Waals surface area (Å²) >= 11 is 0. The summed E-state index contributed by atoms with van der Waals surface area (Å²) in [5, 5.41) is 0. The Balaban J connectivity index is 1.81. The first-order chi connectivity index (χ1) is 16.3. The van der Waals surface area contributed by atoms with Crippen LogP contribution in [0.25, 0.3) is 0 Å². The molecule has 1 aliphatic rings. The van der Waals surface area contributed by atoms with E-state index in [1.807, 2.05) is 0 Å². The Morgan fingerprint density at radius 1 is 0.853 bits per heavy atom. The van der Waals surface area contributed by atoms with E-state index in [1.54, 1.807) is 36.4 Å². The van der Waals surface area contributed by atoms with Gasteiger partial charge in [0.25, 0.3) is 10.0 Å². The highest BCUT2D eigenvalue weighted by Gasteiger charge is 2.43. The zero-order valence-corrected chi connectivity index (χ0v) is 19.5. The molecule has 4 rings (SSSR count). The first kappa shape index (κ1) is 23.1. The Morgan fingerprint density at radius 2 is 1.56 bits per heavy atom. The average molecular weight is 483 g/mol. The number of urea groups is 1. The molecule has 0 aliphatic carbocycles. The fraction of sp³-hybridized carbons (Fsp3) is 0.167. The normalized spacial score (nSPS) is 14.4. The van der Waals surface area contributed by atoms with Crippen molar-refractivity contribution in [3.05, 3.63) is 72.3 Å². The predicted octanol–water partition coefficient (Wildman–Crippen LogP) is 3.73. The lowest BCUT2D eigenvalue weighted by Crippen LogP contribution is -2.52. The van der Waals surface area contributed by atoms with Crippen molar-refractivity contribution in [2.45, 2.75) is 4.90 Å². The van der Waals surface area contributed by atoms with Crippen molar-refractivity contribution in [2.24, 2.45) is 0 Å². The minimum Gasteiger partial charge on any atom is -0.497 e. The van der Waals surface area contributed by atoms with Crippen LogP contribution >= 0.6 is 0 Å². The summed E-state index contributed by atoms with van der Waals surface area (Å²) in [6.07, 6.45) is 0. The Hall–Kier alpha value is -4.05. The zero-order valence-electron chi connectivity index (χ0n) is 18.7. The number of ketones is 1. The van der Waals surface area contributed by atoms with Crippen molar-refractivity contribution in [1.29, 1.82) is 0 Å². The highest BCUT2D eigenvalue weighted by atomic mass is 32.2. The number of sulfonamides is 1. The van der Waals surface area contributed by atoms with Crippen LogP contribution in [0.15, 0.2) is 71.6 Å². The first-order valence-corrected chi connectivity index (χ1v) is 11.6. The van der Waals surface area contributed by atoms with Crippen molar-refractivity contribution < 1.29 is 32.2 Å². The number of ether oxygens (including phenoxy) is 3. The summed E-state index contributed by atoms with van der Waals surface area (Å²) in [6, 6.07) is 16.0. The van der Waals surface area contributed by atoms with Crippen molar-refractivity contribution in [1.82, 2.24) is 0 Å². The van der Waals surface area contributed by atoms with Crippen LogP contribution in [0, 0.1) is 0 Å². The van der Waals surface area contributed by atoms with Gasteiger partial charge in [0.2, 0.25) is 0 Å². The van der Waals surface area contributed by atoms with Gasteiger partial charge >= 0.3 is 6.03 Å². The quantitative estimate of drug-likeness (QED) is 0.473. The molecule has 0 unspecified atom stereocenters. The molecule has 3 aromatic carbocycles. The molecule has 0 radical (unpaired) electrons. The fourth-order valence-corrected chi connectivity index (χ4v) is 5.30. The number of rotatable bonds is 7. The second kappa shape index (κ2) is 9.06. The molecule has 0 aromatic heterocycles. The van der Waals surface area contributed by atoms with Gasteiger partial charge in [-0.25, -0.2) is 13.2 Å². The lowest BCUT2D eigenvalue weighted by Gasteiger charge is -2.36. The molecule has 10 heteroatoms. The van der Waals surface area contributed by atoms with Crippen LogP contribution in [0.5, 0.6) is 17.2 Å². The van der Waals surface area contributed by atoms with E-state index in [-0.39, 0.29) is 21.8 Å². The van der Waals surface area contributed by atoms with Gasteiger partial charge in [0.15, 0.2) is 5.78 Å². The van der Waals surface area contributed by atoms with Crippen molar-refractivity contribution in [3.63, 3.8) is 0 Å². The summed E-state index contributed by atoms with van der Waals surface area (Å²) in [7, 11) is 0.0988. The Labute approximate surface area is 197 Å². The molecule has 9 nitrogen and oxygen atoms in total. The fourth-order valence-electron chi connectivity index (χ4n) is 3.71. The number of amides is 2. The number of Topliss-reactive ketones (excluding diaryl/α,β-unsaturated/α-hetero) is 1. The SMILES string of the molecule is COc1cccc(N2C(=O)N(CC(=O)c3cc(OC)ccc3OC)c3ccccc3S2(=O)=O)c1. The van der Waals surface area contributed by atoms with E-state index in [2.05, 4.69) is 0 Å². The second-order valence-corrected chi connectivity index (χ2v) is 9.05. The summed E-state index contributed by atoms with van der Waals surface area (Å²) in [5.74, 6) is 0.669. The molecule has 0 atom stereocenters. The molecule has 0 saturated heterocycles. The number of methoxy groups -OCH3 is 3. The van der Waals surface area contributed by atoms with Gasteiger partial charge in [-0.05, 0) is 42.5 Å². The Bertz CT molecular complexity index is 1370. The van der Waals surface area contributed by atoms with E-state index in [1.165, 1.54) is 51.7 Å². The van der Waals surface area contributed by atoms with Crippen LogP contribution in [-0.4, -0.2) is 48.1 Å². The first-order valence-electron chi connectivity index (χ1n) is 10.2. The third-order valence-electron chi connectivity index (χ3n) is 5.38. The van der Waals surface area contributed by atoms with E-state index >= 15 is 0 Å². The summed E-state index contributed by atoms with van der Waals surface area (Å²) in [6.45, 7) is -0.421. The van der Waals surface area contributed by atoms with E-state index < -0.39 is 28.4 Å².